The van der Waals surface area contributed by atoms with Crippen molar-refractivity contribution in [3.05, 3.63) is 54.1 Å². The van der Waals surface area contributed by atoms with Gasteiger partial charge in [-0.2, -0.15) is 9.97 Å². The molecule has 1 aromatic heterocycles. The molecule has 2 saturated heterocycles. The van der Waals surface area contributed by atoms with Crippen molar-refractivity contribution in [2.45, 2.75) is 24.9 Å². The van der Waals surface area contributed by atoms with Crippen molar-refractivity contribution in [2.75, 3.05) is 18.0 Å². The molecular formula is C24H20F2N4O2. The van der Waals surface area contributed by atoms with Crippen LogP contribution in [0, 0.1) is 11.6 Å². The highest BCUT2D eigenvalue weighted by Gasteiger charge is 2.34. The van der Waals surface area contributed by atoms with Gasteiger partial charge in [-0.15, -0.1) is 0 Å². The lowest BCUT2D eigenvalue weighted by molar-refractivity contribution is 0.427. The third-order valence-electron chi connectivity index (χ3n) is 6.48. The van der Waals surface area contributed by atoms with Gasteiger partial charge >= 0.3 is 6.01 Å². The summed E-state index contributed by atoms with van der Waals surface area (Å²) in [5, 5.41) is 25.3. The van der Waals surface area contributed by atoms with Gasteiger partial charge in [0.25, 0.3) is 0 Å². The molecule has 2 atom stereocenters. The molecular weight excluding hydrogens is 414 g/mol. The summed E-state index contributed by atoms with van der Waals surface area (Å²) in [5.74, 6) is -1.44. The summed E-state index contributed by atoms with van der Waals surface area (Å²) < 4.78 is 31.3. The van der Waals surface area contributed by atoms with Crippen LogP contribution in [0.1, 0.15) is 12.8 Å². The van der Waals surface area contributed by atoms with E-state index in [9.17, 15) is 10.2 Å². The Morgan fingerprint density at radius 3 is 2.47 bits per heavy atom. The zero-order valence-electron chi connectivity index (χ0n) is 17.0. The topological polar surface area (TPSA) is 81.5 Å². The Labute approximate surface area is 182 Å². The number of fused-ring (bicyclic) bond motifs is 4. The fourth-order valence-corrected chi connectivity index (χ4v) is 5.13. The number of nitrogens with one attached hydrogen (secondary N) is 1. The zero-order valence-corrected chi connectivity index (χ0v) is 17.0. The summed E-state index contributed by atoms with van der Waals surface area (Å²) in [6.45, 7) is 1.29. The molecule has 2 fully saturated rings. The van der Waals surface area contributed by atoms with Gasteiger partial charge < -0.3 is 20.4 Å². The van der Waals surface area contributed by atoms with Crippen LogP contribution in [-0.2, 0) is 0 Å². The Morgan fingerprint density at radius 1 is 0.938 bits per heavy atom. The van der Waals surface area contributed by atoms with Crippen LogP contribution in [0.5, 0.6) is 11.8 Å². The van der Waals surface area contributed by atoms with Gasteiger partial charge in [0.1, 0.15) is 22.9 Å². The highest BCUT2D eigenvalue weighted by atomic mass is 19.1. The van der Waals surface area contributed by atoms with Crippen LogP contribution in [0.3, 0.4) is 0 Å². The van der Waals surface area contributed by atoms with Crippen molar-refractivity contribution in [3.8, 4) is 22.9 Å². The molecule has 2 unspecified atom stereocenters. The Bertz CT molecular complexity index is 1380. The highest BCUT2D eigenvalue weighted by Crippen LogP contribution is 2.40. The fraction of sp³-hybridized carbons (Fsp3) is 0.250. The zero-order chi connectivity index (χ0) is 22.0. The van der Waals surface area contributed by atoms with Gasteiger partial charge in [0, 0.05) is 30.6 Å². The summed E-state index contributed by atoms with van der Waals surface area (Å²) >= 11 is 0. The van der Waals surface area contributed by atoms with E-state index in [4.69, 9.17) is 0 Å². The minimum atomic E-state index is -0.896. The molecule has 8 heteroatoms. The Balaban J connectivity index is 1.59. The van der Waals surface area contributed by atoms with Crippen LogP contribution in [-0.4, -0.2) is 45.4 Å². The van der Waals surface area contributed by atoms with Crippen LogP contribution < -0.4 is 10.2 Å². The molecule has 3 N–H and O–H groups in total. The van der Waals surface area contributed by atoms with E-state index in [0.29, 0.717) is 29.7 Å². The number of hydrogen-bond acceptors (Lipinski definition) is 6. The maximum absolute atomic E-state index is 15.8. The highest BCUT2D eigenvalue weighted by molar-refractivity contribution is 6.01. The van der Waals surface area contributed by atoms with Crippen molar-refractivity contribution < 1.29 is 19.0 Å². The smallest absolute Gasteiger partial charge is 0.316 e. The van der Waals surface area contributed by atoms with E-state index in [2.05, 4.69) is 15.3 Å². The molecule has 2 bridgehead atoms. The van der Waals surface area contributed by atoms with Gasteiger partial charge in [0.15, 0.2) is 5.82 Å². The largest absolute Gasteiger partial charge is 0.508 e. The van der Waals surface area contributed by atoms with E-state index in [0.717, 1.165) is 12.8 Å². The summed E-state index contributed by atoms with van der Waals surface area (Å²) in [6.07, 6.45) is 2.07. The number of benzene rings is 3. The number of rotatable bonds is 2. The van der Waals surface area contributed by atoms with Crippen molar-refractivity contribution >= 4 is 27.5 Å². The first kappa shape index (κ1) is 19.2. The number of phenolic OH excluding ortho intramolecular Hbond substituents is 1. The average Bonchev–Trinajstić information content (AvgIpc) is 3.11. The lowest BCUT2D eigenvalue weighted by atomic mass is 9.95. The molecule has 6 rings (SSSR count). The second kappa shape index (κ2) is 7.00. The number of aromatic hydroxyl groups is 2. The Morgan fingerprint density at radius 2 is 1.69 bits per heavy atom. The molecule has 3 heterocycles. The average molecular weight is 434 g/mol. The van der Waals surface area contributed by atoms with E-state index >= 15 is 8.78 Å². The molecule has 0 spiro atoms. The molecule has 0 radical (unpaired) electrons. The second-order valence-corrected chi connectivity index (χ2v) is 8.55. The van der Waals surface area contributed by atoms with Crippen molar-refractivity contribution in [1.82, 2.24) is 15.3 Å². The van der Waals surface area contributed by atoms with Gasteiger partial charge in [-0.05, 0) is 47.4 Å². The first-order valence-corrected chi connectivity index (χ1v) is 10.6. The lowest BCUT2D eigenvalue weighted by Gasteiger charge is -2.34. The predicted molar refractivity (Wildman–Crippen MR) is 118 cm³/mol. The van der Waals surface area contributed by atoms with Crippen molar-refractivity contribution in [3.63, 3.8) is 0 Å². The van der Waals surface area contributed by atoms with E-state index in [1.807, 2.05) is 4.90 Å². The monoisotopic (exact) mass is 434 g/mol. The lowest BCUT2D eigenvalue weighted by Crippen LogP contribution is -2.51. The Kier molecular flexibility index (Phi) is 4.19. The van der Waals surface area contributed by atoms with E-state index in [-0.39, 0.29) is 39.9 Å². The van der Waals surface area contributed by atoms with Crippen LogP contribution in [0.4, 0.5) is 14.6 Å². The molecule has 0 amide bonds. The summed E-state index contributed by atoms with van der Waals surface area (Å²) in [4.78, 5) is 10.0. The number of hydrogen-bond donors (Lipinski definition) is 3. The van der Waals surface area contributed by atoms with Crippen molar-refractivity contribution in [1.29, 1.82) is 0 Å². The van der Waals surface area contributed by atoms with Crippen LogP contribution >= 0.6 is 0 Å². The minimum Gasteiger partial charge on any atom is -0.508 e. The SMILES string of the molecule is Oc1cc(-c2c(F)cc3c(N4CC5CCC(C4)N5)nc(O)nc3c2F)c2ccccc2c1. The quantitative estimate of drug-likeness (QED) is 0.441. The van der Waals surface area contributed by atoms with Gasteiger partial charge in [0.2, 0.25) is 0 Å². The molecule has 162 valence electrons. The second-order valence-electron chi connectivity index (χ2n) is 8.55. The first-order valence-electron chi connectivity index (χ1n) is 10.6. The van der Waals surface area contributed by atoms with Gasteiger partial charge in [-0.25, -0.2) is 8.78 Å². The van der Waals surface area contributed by atoms with Gasteiger partial charge in [-0.3, -0.25) is 0 Å². The first-order chi connectivity index (χ1) is 15.5. The molecule has 3 aromatic carbocycles. The number of piperazine rings is 1. The van der Waals surface area contributed by atoms with Crippen LogP contribution in [0.2, 0.25) is 0 Å². The fourth-order valence-electron chi connectivity index (χ4n) is 5.13. The van der Waals surface area contributed by atoms with Gasteiger partial charge in [-0.1, -0.05) is 24.3 Å². The number of halogens is 2. The standard InChI is InChI=1S/C24H20F2N4O2/c25-19-9-18-22(28-24(32)29-23(18)30-10-13-5-6-14(11-30)27-13)21(26)20(19)17-8-15(31)7-12-3-1-2-4-16(12)17/h1-4,7-9,13-14,27,31H,5-6,10-11H2,(H,28,29,32). The molecule has 2 aliphatic rings. The molecule has 32 heavy (non-hydrogen) atoms. The number of phenols is 1. The summed E-state index contributed by atoms with van der Waals surface area (Å²) in [5.41, 5.74) is -0.228. The Hall–Kier alpha value is -3.52. The van der Waals surface area contributed by atoms with E-state index in [1.165, 1.54) is 12.1 Å². The third kappa shape index (κ3) is 2.94. The number of nitrogens with zero attached hydrogens (tertiary/aromatic N) is 3. The maximum atomic E-state index is 15.8. The summed E-state index contributed by atoms with van der Waals surface area (Å²) in [7, 11) is 0. The number of aromatic nitrogens is 2. The van der Waals surface area contributed by atoms with Crippen LogP contribution in [0.25, 0.3) is 32.8 Å². The maximum Gasteiger partial charge on any atom is 0.316 e. The predicted octanol–water partition coefficient (Wildman–Crippen LogP) is 4.08. The van der Waals surface area contributed by atoms with Gasteiger partial charge in [0.05, 0.1) is 5.56 Å². The molecule has 2 aliphatic heterocycles. The molecule has 4 aromatic rings. The van der Waals surface area contributed by atoms with E-state index < -0.39 is 17.6 Å². The molecule has 6 nitrogen and oxygen atoms in total. The third-order valence-corrected chi connectivity index (χ3v) is 6.48. The van der Waals surface area contributed by atoms with E-state index in [1.54, 1.807) is 30.3 Å². The van der Waals surface area contributed by atoms with Crippen LogP contribution in [0.15, 0.2) is 42.5 Å². The summed E-state index contributed by atoms with van der Waals surface area (Å²) in [6, 6.07) is 11.2. The minimum absolute atomic E-state index is 0.0971. The van der Waals surface area contributed by atoms with Crippen molar-refractivity contribution in [2.24, 2.45) is 0 Å². The normalized spacial score (nSPS) is 20.4. The molecule has 0 aliphatic carbocycles. The number of anilines is 1. The molecule has 0 saturated carbocycles.